The average Bonchev–Trinajstić information content (AvgIpc) is 2.98. The SMILES string of the molecule is CCCOc1ccc(N2C(=O)NC(=O)/C(=C/c3c(OCc4ccc([N+](=O)[O-])cc4)ccc4ccccc34)C2=O)cc1. The van der Waals surface area contributed by atoms with Gasteiger partial charge in [0.15, 0.2) is 0 Å². The number of benzene rings is 4. The number of imide groups is 2. The van der Waals surface area contributed by atoms with Gasteiger partial charge in [0, 0.05) is 17.7 Å². The number of hydrogen-bond donors (Lipinski definition) is 1. The Hall–Kier alpha value is -5.51. The number of anilines is 1. The summed E-state index contributed by atoms with van der Waals surface area (Å²) < 4.78 is 11.7. The van der Waals surface area contributed by atoms with Crippen LogP contribution in [0.3, 0.4) is 0 Å². The topological polar surface area (TPSA) is 128 Å². The van der Waals surface area contributed by atoms with Crippen molar-refractivity contribution >= 4 is 46.1 Å². The number of ether oxygens (including phenoxy) is 2. The number of rotatable bonds is 9. The molecule has 1 fully saturated rings. The fourth-order valence-corrected chi connectivity index (χ4v) is 4.37. The molecule has 1 heterocycles. The Balaban J connectivity index is 1.49. The van der Waals surface area contributed by atoms with Crippen LogP contribution in [0.2, 0.25) is 0 Å². The third-order valence-electron chi connectivity index (χ3n) is 6.43. The highest BCUT2D eigenvalue weighted by Gasteiger charge is 2.37. The van der Waals surface area contributed by atoms with Crippen LogP contribution in [0.5, 0.6) is 11.5 Å². The Morgan fingerprint density at radius 3 is 2.34 bits per heavy atom. The van der Waals surface area contributed by atoms with E-state index in [1.807, 2.05) is 37.3 Å². The number of urea groups is 1. The number of amides is 4. The van der Waals surface area contributed by atoms with Gasteiger partial charge in [0.2, 0.25) is 0 Å². The predicted molar refractivity (Wildman–Crippen MR) is 153 cm³/mol. The second-order valence-electron chi connectivity index (χ2n) is 9.21. The van der Waals surface area contributed by atoms with Gasteiger partial charge in [-0.3, -0.25) is 25.0 Å². The number of nitrogens with one attached hydrogen (secondary N) is 1. The molecule has 10 nitrogen and oxygen atoms in total. The Bertz CT molecular complexity index is 1680. The number of fused-ring (bicyclic) bond motifs is 1. The molecule has 0 bridgehead atoms. The molecule has 1 saturated heterocycles. The van der Waals surface area contributed by atoms with Crippen LogP contribution < -0.4 is 19.7 Å². The van der Waals surface area contributed by atoms with Crippen molar-refractivity contribution in [3.05, 3.63) is 112 Å². The molecule has 5 rings (SSSR count). The van der Waals surface area contributed by atoms with Gasteiger partial charge in [-0.1, -0.05) is 37.3 Å². The van der Waals surface area contributed by atoms with Crippen LogP contribution in [0.25, 0.3) is 16.8 Å². The molecule has 0 atom stereocenters. The number of nitro groups is 1. The zero-order valence-corrected chi connectivity index (χ0v) is 22.0. The summed E-state index contributed by atoms with van der Waals surface area (Å²) in [6.07, 6.45) is 2.25. The summed E-state index contributed by atoms with van der Waals surface area (Å²) in [6, 6.07) is 22.6. The summed E-state index contributed by atoms with van der Waals surface area (Å²) in [5.74, 6) is -0.627. The molecule has 10 heteroatoms. The number of carbonyl (C=O) groups is 3. The summed E-state index contributed by atoms with van der Waals surface area (Å²) in [7, 11) is 0. The zero-order chi connectivity index (χ0) is 28.9. The first-order chi connectivity index (χ1) is 19.9. The van der Waals surface area contributed by atoms with E-state index in [9.17, 15) is 24.5 Å². The molecule has 0 spiro atoms. The van der Waals surface area contributed by atoms with Gasteiger partial charge >= 0.3 is 6.03 Å². The molecule has 4 aromatic rings. The maximum absolute atomic E-state index is 13.6. The van der Waals surface area contributed by atoms with Crippen molar-refractivity contribution in [2.24, 2.45) is 0 Å². The van der Waals surface area contributed by atoms with E-state index < -0.39 is 22.8 Å². The second kappa shape index (κ2) is 11.7. The first-order valence-corrected chi connectivity index (χ1v) is 12.9. The lowest BCUT2D eigenvalue weighted by Gasteiger charge is -2.26. The van der Waals surface area contributed by atoms with Crippen molar-refractivity contribution in [1.29, 1.82) is 0 Å². The smallest absolute Gasteiger partial charge is 0.335 e. The van der Waals surface area contributed by atoms with Crippen LogP contribution in [0, 0.1) is 10.1 Å². The second-order valence-corrected chi connectivity index (χ2v) is 9.21. The van der Waals surface area contributed by atoms with E-state index in [4.69, 9.17) is 9.47 Å². The van der Waals surface area contributed by atoms with Crippen molar-refractivity contribution in [2.75, 3.05) is 11.5 Å². The summed E-state index contributed by atoms with van der Waals surface area (Å²) in [5.41, 5.74) is 1.17. The monoisotopic (exact) mass is 551 g/mol. The van der Waals surface area contributed by atoms with E-state index in [1.54, 1.807) is 42.5 Å². The first kappa shape index (κ1) is 27.1. The van der Waals surface area contributed by atoms with Crippen LogP contribution >= 0.6 is 0 Å². The van der Waals surface area contributed by atoms with Gasteiger partial charge in [0.1, 0.15) is 23.7 Å². The lowest BCUT2D eigenvalue weighted by molar-refractivity contribution is -0.384. The van der Waals surface area contributed by atoms with Crippen molar-refractivity contribution in [1.82, 2.24) is 5.32 Å². The number of nitrogens with zero attached hydrogens (tertiary/aromatic N) is 2. The van der Waals surface area contributed by atoms with Crippen molar-refractivity contribution in [2.45, 2.75) is 20.0 Å². The van der Waals surface area contributed by atoms with Crippen LogP contribution in [0.4, 0.5) is 16.2 Å². The maximum Gasteiger partial charge on any atom is 0.335 e. The van der Waals surface area contributed by atoms with Gasteiger partial charge in [-0.2, -0.15) is 0 Å². The summed E-state index contributed by atoms with van der Waals surface area (Å²) in [6.45, 7) is 2.60. The number of nitro benzene ring substituents is 1. The van der Waals surface area contributed by atoms with E-state index in [-0.39, 0.29) is 23.6 Å². The van der Waals surface area contributed by atoms with E-state index in [0.29, 0.717) is 29.2 Å². The molecule has 1 N–H and O–H groups in total. The Morgan fingerprint density at radius 1 is 0.902 bits per heavy atom. The third kappa shape index (κ3) is 5.76. The van der Waals surface area contributed by atoms with E-state index >= 15 is 0 Å². The van der Waals surface area contributed by atoms with Crippen LogP contribution in [-0.2, 0) is 16.2 Å². The average molecular weight is 552 g/mol. The maximum atomic E-state index is 13.6. The molecule has 1 aliphatic rings. The molecule has 0 saturated carbocycles. The lowest BCUT2D eigenvalue weighted by Crippen LogP contribution is -2.54. The first-order valence-electron chi connectivity index (χ1n) is 12.9. The number of carbonyl (C=O) groups excluding carboxylic acids is 3. The highest BCUT2D eigenvalue weighted by Crippen LogP contribution is 2.33. The van der Waals surface area contributed by atoms with Crippen LogP contribution in [0.15, 0.2) is 90.5 Å². The minimum Gasteiger partial charge on any atom is -0.494 e. The molecule has 41 heavy (non-hydrogen) atoms. The van der Waals surface area contributed by atoms with E-state index in [1.165, 1.54) is 18.2 Å². The normalized spacial score (nSPS) is 14.3. The van der Waals surface area contributed by atoms with Crippen molar-refractivity contribution in [3.8, 4) is 11.5 Å². The standard InChI is InChI=1S/C31H25N3O7/c1-2-17-40-24-14-12-22(13-15-24)33-30(36)27(29(35)32-31(33)37)18-26-25-6-4-3-5-21(25)9-16-28(26)41-19-20-7-10-23(11-8-20)34(38)39/h3-16,18H,2,17,19H2,1H3,(H,32,35,37)/b27-18-. The lowest BCUT2D eigenvalue weighted by atomic mass is 9.99. The summed E-state index contributed by atoms with van der Waals surface area (Å²) in [4.78, 5) is 50.6. The number of hydrogen-bond acceptors (Lipinski definition) is 7. The summed E-state index contributed by atoms with van der Waals surface area (Å²) >= 11 is 0. The van der Waals surface area contributed by atoms with E-state index in [2.05, 4.69) is 5.32 Å². The quantitative estimate of drug-likeness (QED) is 0.121. The molecule has 0 unspecified atom stereocenters. The molecule has 0 aliphatic carbocycles. The number of non-ortho nitro benzene ring substituents is 1. The Labute approximate surface area is 234 Å². The van der Waals surface area contributed by atoms with Crippen LogP contribution in [0.1, 0.15) is 24.5 Å². The molecular weight excluding hydrogens is 526 g/mol. The molecule has 0 aromatic heterocycles. The highest BCUT2D eigenvalue weighted by molar-refractivity contribution is 6.39. The minimum absolute atomic E-state index is 0.0334. The molecule has 4 amide bonds. The van der Waals surface area contributed by atoms with Gasteiger partial charge in [0.25, 0.3) is 17.5 Å². The fourth-order valence-electron chi connectivity index (χ4n) is 4.37. The van der Waals surface area contributed by atoms with Gasteiger partial charge < -0.3 is 9.47 Å². The Morgan fingerprint density at radius 2 is 1.63 bits per heavy atom. The molecule has 1 aliphatic heterocycles. The van der Waals surface area contributed by atoms with Gasteiger partial charge in [-0.15, -0.1) is 0 Å². The molecule has 206 valence electrons. The van der Waals surface area contributed by atoms with E-state index in [0.717, 1.165) is 22.1 Å². The van der Waals surface area contributed by atoms with Gasteiger partial charge in [-0.25, -0.2) is 9.69 Å². The fraction of sp³-hybridized carbons (Fsp3) is 0.129. The van der Waals surface area contributed by atoms with Gasteiger partial charge in [-0.05, 0) is 71.3 Å². The third-order valence-corrected chi connectivity index (χ3v) is 6.43. The molecular formula is C31H25N3O7. The number of barbiturate groups is 1. The van der Waals surface area contributed by atoms with Crippen molar-refractivity contribution < 1.29 is 28.8 Å². The predicted octanol–water partition coefficient (Wildman–Crippen LogP) is 5.78. The van der Waals surface area contributed by atoms with Gasteiger partial charge in [0.05, 0.1) is 17.2 Å². The molecule has 0 radical (unpaired) electrons. The Kier molecular flexibility index (Phi) is 7.73. The summed E-state index contributed by atoms with van der Waals surface area (Å²) in [5, 5.41) is 14.8. The highest BCUT2D eigenvalue weighted by atomic mass is 16.6. The zero-order valence-electron chi connectivity index (χ0n) is 22.0. The molecule has 4 aromatic carbocycles. The van der Waals surface area contributed by atoms with Crippen molar-refractivity contribution in [3.63, 3.8) is 0 Å². The minimum atomic E-state index is -0.855. The van der Waals surface area contributed by atoms with Crippen LogP contribution in [-0.4, -0.2) is 29.4 Å². The largest absolute Gasteiger partial charge is 0.494 e.